The van der Waals surface area contributed by atoms with Gasteiger partial charge in [0, 0.05) is 41.4 Å². The van der Waals surface area contributed by atoms with Crippen molar-refractivity contribution < 1.29 is 23.8 Å². The minimum Gasteiger partial charge on any atom is -0.497 e. The Morgan fingerprint density at radius 2 is 1.91 bits per heavy atom. The third-order valence-electron chi connectivity index (χ3n) is 4.81. The van der Waals surface area contributed by atoms with Gasteiger partial charge in [0.2, 0.25) is 0 Å². The number of thioether (sulfide) groups is 1. The van der Waals surface area contributed by atoms with Crippen LogP contribution in [0.4, 0.5) is 5.69 Å². The van der Waals surface area contributed by atoms with Crippen LogP contribution in [-0.4, -0.2) is 36.1 Å². The van der Waals surface area contributed by atoms with Gasteiger partial charge in [-0.05, 0) is 37.3 Å². The van der Waals surface area contributed by atoms with Crippen LogP contribution in [0.1, 0.15) is 40.7 Å². The molecule has 1 N–H and O–H groups in total. The molecule has 0 radical (unpaired) electrons. The van der Waals surface area contributed by atoms with Crippen molar-refractivity contribution in [1.82, 2.24) is 9.97 Å². The van der Waals surface area contributed by atoms with Crippen LogP contribution in [0.5, 0.6) is 11.5 Å². The van der Waals surface area contributed by atoms with Crippen LogP contribution >= 0.6 is 11.8 Å². The summed E-state index contributed by atoms with van der Waals surface area (Å²) in [5.74, 6) is 1.38. The average Bonchev–Trinajstić information content (AvgIpc) is 2.85. The fraction of sp³-hybridized carbons (Fsp3) is 0.280. The summed E-state index contributed by atoms with van der Waals surface area (Å²) in [4.78, 5) is 33.3. The van der Waals surface area contributed by atoms with Crippen molar-refractivity contribution in [2.45, 2.75) is 37.7 Å². The molecule has 8 nitrogen and oxygen atoms in total. The number of aromatic nitrogens is 2. The van der Waals surface area contributed by atoms with Crippen molar-refractivity contribution in [1.29, 1.82) is 0 Å². The lowest BCUT2D eigenvalue weighted by Crippen LogP contribution is -2.14. The first-order chi connectivity index (χ1) is 16.4. The first-order valence-corrected chi connectivity index (χ1v) is 11.6. The second-order valence-corrected chi connectivity index (χ2v) is 8.24. The Morgan fingerprint density at radius 1 is 1.09 bits per heavy atom. The quantitative estimate of drug-likeness (QED) is 0.326. The van der Waals surface area contributed by atoms with E-state index in [0.717, 1.165) is 5.56 Å². The van der Waals surface area contributed by atoms with E-state index in [2.05, 4.69) is 15.3 Å². The third kappa shape index (κ3) is 6.71. The van der Waals surface area contributed by atoms with Gasteiger partial charge in [-0.25, -0.2) is 4.98 Å². The Morgan fingerprint density at radius 3 is 2.65 bits per heavy atom. The molecule has 3 rings (SSSR count). The zero-order chi connectivity index (χ0) is 24.5. The standard InChI is InChI=1S/C25H27N3O5S/c1-5-23(29)33-14-19-12-18(11-16(2)27-19)28-24(30)21-7-6-10-26-25(21)34-15-17-8-9-20(31-3)13-22(17)32-4/h6-13H,5,14-15H2,1-4H3,(H,27,28,30). The van der Waals surface area contributed by atoms with Gasteiger partial charge in [-0.15, -0.1) is 11.8 Å². The Kier molecular flexibility index (Phi) is 8.86. The summed E-state index contributed by atoms with van der Waals surface area (Å²) in [7, 11) is 3.21. The number of benzene rings is 1. The van der Waals surface area contributed by atoms with E-state index in [-0.39, 0.29) is 18.5 Å². The highest BCUT2D eigenvalue weighted by Gasteiger charge is 2.15. The summed E-state index contributed by atoms with van der Waals surface area (Å²) in [6.07, 6.45) is 1.94. The van der Waals surface area contributed by atoms with Gasteiger partial charge in [0.05, 0.1) is 25.5 Å². The Balaban J connectivity index is 1.74. The molecule has 9 heteroatoms. The lowest BCUT2D eigenvalue weighted by atomic mass is 10.2. The van der Waals surface area contributed by atoms with Crippen molar-refractivity contribution in [3.05, 3.63) is 71.2 Å². The number of carbonyl (C=O) groups is 2. The SMILES string of the molecule is CCC(=O)OCc1cc(NC(=O)c2cccnc2SCc2ccc(OC)cc2OC)cc(C)n1. The molecule has 0 saturated heterocycles. The molecule has 3 aromatic rings. The molecular formula is C25H27N3O5S. The molecule has 0 atom stereocenters. The molecule has 34 heavy (non-hydrogen) atoms. The number of ether oxygens (including phenoxy) is 3. The molecule has 0 aliphatic heterocycles. The van der Waals surface area contributed by atoms with E-state index in [4.69, 9.17) is 14.2 Å². The number of hydrogen-bond donors (Lipinski definition) is 1. The van der Waals surface area contributed by atoms with Crippen LogP contribution in [0.2, 0.25) is 0 Å². The van der Waals surface area contributed by atoms with Crippen LogP contribution in [0.25, 0.3) is 0 Å². The van der Waals surface area contributed by atoms with Crippen LogP contribution in [0, 0.1) is 6.92 Å². The van der Waals surface area contributed by atoms with Crippen molar-refractivity contribution >= 4 is 29.3 Å². The number of methoxy groups -OCH3 is 2. The number of carbonyl (C=O) groups excluding carboxylic acids is 2. The smallest absolute Gasteiger partial charge is 0.305 e. The molecule has 2 aromatic heterocycles. The van der Waals surface area contributed by atoms with E-state index in [1.54, 1.807) is 51.6 Å². The molecule has 0 saturated carbocycles. The molecule has 1 amide bonds. The van der Waals surface area contributed by atoms with Crippen LogP contribution in [0.3, 0.4) is 0 Å². The van der Waals surface area contributed by atoms with Crippen molar-refractivity contribution in [2.24, 2.45) is 0 Å². The van der Waals surface area contributed by atoms with Gasteiger partial charge >= 0.3 is 5.97 Å². The van der Waals surface area contributed by atoms with Crippen molar-refractivity contribution in [3.63, 3.8) is 0 Å². The summed E-state index contributed by atoms with van der Waals surface area (Å²) in [6, 6.07) is 12.5. The molecule has 1 aromatic carbocycles. The first-order valence-electron chi connectivity index (χ1n) is 10.7. The first kappa shape index (κ1) is 25.0. The van der Waals surface area contributed by atoms with E-state index in [1.807, 2.05) is 25.1 Å². The summed E-state index contributed by atoms with van der Waals surface area (Å²) >= 11 is 1.44. The van der Waals surface area contributed by atoms with E-state index in [0.29, 0.717) is 51.3 Å². The van der Waals surface area contributed by atoms with Crippen LogP contribution < -0.4 is 14.8 Å². The molecule has 0 spiro atoms. The summed E-state index contributed by atoms with van der Waals surface area (Å²) in [5.41, 5.74) is 3.24. The predicted molar refractivity (Wildman–Crippen MR) is 130 cm³/mol. The van der Waals surface area contributed by atoms with E-state index >= 15 is 0 Å². The number of pyridine rings is 2. The monoisotopic (exact) mass is 481 g/mol. The van der Waals surface area contributed by atoms with Gasteiger partial charge in [-0.2, -0.15) is 0 Å². The lowest BCUT2D eigenvalue weighted by Gasteiger charge is -2.12. The molecule has 0 aliphatic carbocycles. The number of esters is 1. The van der Waals surface area contributed by atoms with E-state index in [9.17, 15) is 9.59 Å². The van der Waals surface area contributed by atoms with Gasteiger partial charge in [0.25, 0.3) is 5.91 Å². The number of aryl methyl sites for hydroxylation is 1. The van der Waals surface area contributed by atoms with Gasteiger partial charge in [0.15, 0.2) is 0 Å². The molecule has 2 heterocycles. The second kappa shape index (κ2) is 12.0. The van der Waals surface area contributed by atoms with Crippen molar-refractivity contribution in [3.8, 4) is 11.5 Å². The summed E-state index contributed by atoms with van der Waals surface area (Å²) < 4.78 is 15.9. The van der Waals surface area contributed by atoms with Gasteiger partial charge in [-0.3, -0.25) is 14.6 Å². The minimum absolute atomic E-state index is 0.0505. The number of anilines is 1. The average molecular weight is 482 g/mol. The molecule has 0 unspecified atom stereocenters. The number of nitrogens with one attached hydrogen (secondary N) is 1. The third-order valence-corrected chi connectivity index (χ3v) is 5.86. The topological polar surface area (TPSA) is 99.6 Å². The summed E-state index contributed by atoms with van der Waals surface area (Å²) in [6.45, 7) is 3.59. The normalized spacial score (nSPS) is 10.5. The minimum atomic E-state index is -0.306. The maximum Gasteiger partial charge on any atom is 0.305 e. The predicted octanol–water partition coefficient (Wildman–Crippen LogP) is 4.80. The highest BCUT2D eigenvalue weighted by Crippen LogP contribution is 2.31. The number of nitrogens with zero attached hydrogens (tertiary/aromatic N) is 2. The van der Waals surface area contributed by atoms with Gasteiger partial charge in [0.1, 0.15) is 23.1 Å². The highest BCUT2D eigenvalue weighted by molar-refractivity contribution is 7.98. The van der Waals surface area contributed by atoms with Gasteiger partial charge < -0.3 is 19.5 Å². The van der Waals surface area contributed by atoms with E-state index < -0.39 is 0 Å². The molecule has 178 valence electrons. The van der Waals surface area contributed by atoms with Crippen LogP contribution in [-0.2, 0) is 21.9 Å². The molecule has 0 fully saturated rings. The lowest BCUT2D eigenvalue weighted by molar-refractivity contribution is -0.144. The fourth-order valence-corrected chi connectivity index (χ4v) is 4.12. The zero-order valence-electron chi connectivity index (χ0n) is 19.6. The zero-order valence-corrected chi connectivity index (χ0v) is 20.4. The Bertz CT molecular complexity index is 1170. The summed E-state index contributed by atoms with van der Waals surface area (Å²) in [5, 5.41) is 3.50. The van der Waals surface area contributed by atoms with Crippen LogP contribution in [0.15, 0.2) is 53.7 Å². The Labute approximate surface area is 203 Å². The molecular weight excluding hydrogens is 454 g/mol. The largest absolute Gasteiger partial charge is 0.497 e. The number of amides is 1. The second-order valence-electron chi connectivity index (χ2n) is 7.28. The maximum atomic E-state index is 13.1. The number of hydrogen-bond acceptors (Lipinski definition) is 8. The van der Waals surface area contributed by atoms with Gasteiger partial charge in [-0.1, -0.05) is 13.0 Å². The molecule has 0 bridgehead atoms. The number of rotatable bonds is 10. The Hall–Kier alpha value is -3.59. The molecule has 0 aliphatic rings. The highest BCUT2D eigenvalue weighted by atomic mass is 32.2. The van der Waals surface area contributed by atoms with E-state index in [1.165, 1.54) is 11.8 Å². The maximum absolute atomic E-state index is 13.1. The van der Waals surface area contributed by atoms with Crippen molar-refractivity contribution in [2.75, 3.05) is 19.5 Å². The fourth-order valence-electron chi connectivity index (χ4n) is 3.13.